The number of nitrogens with zero attached hydrogens (tertiary/aromatic N) is 8. The third kappa shape index (κ3) is 2.71. The summed E-state index contributed by atoms with van der Waals surface area (Å²) in [5.74, 6) is 2.41. The van der Waals surface area contributed by atoms with Gasteiger partial charge in [-0.15, -0.1) is 0 Å². The van der Waals surface area contributed by atoms with E-state index in [1.165, 1.54) is 10.9 Å². The van der Waals surface area contributed by atoms with Gasteiger partial charge in [-0.2, -0.15) is 4.98 Å². The lowest BCUT2D eigenvalue weighted by Gasteiger charge is -2.21. The molecule has 1 saturated carbocycles. The van der Waals surface area contributed by atoms with Crippen molar-refractivity contribution < 1.29 is 4.52 Å². The summed E-state index contributed by atoms with van der Waals surface area (Å²) in [5.41, 5.74) is 1.78. The summed E-state index contributed by atoms with van der Waals surface area (Å²) in [6.45, 7) is 2.05. The van der Waals surface area contributed by atoms with Gasteiger partial charge in [-0.3, -0.25) is 9.36 Å². The normalized spacial score (nSPS) is 22.6. The molecule has 4 aromatic heterocycles. The van der Waals surface area contributed by atoms with Crippen molar-refractivity contribution >= 4 is 28.5 Å². The zero-order chi connectivity index (χ0) is 20.4. The molecule has 1 aliphatic carbocycles. The summed E-state index contributed by atoms with van der Waals surface area (Å²) in [7, 11) is 1.77. The zero-order valence-corrected chi connectivity index (χ0v) is 16.8. The number of hydrogen-bond donors (Lipinski definition) is 0. The molecule has 11 heteroatoms. The first-order chi connectivity index (χ1) is 14.6. The maximum Gasteiger partial charge on any atom is 0.280 e. The number of aromatic nitrogens is 7. The largest absolute Gasteiger partial charge is 0.371 e. The summed E-state index contributed by atoms with van der Waals surface area (Å²) in [6, 6.07) is 3.86. The summed E-state index contributed by atoms with van der Waals surface area (Å²) in [6.07, 6.45) is 4.76. The van der Waals surface area contributed by atoms with Crippen LogP contribution in [0.2, 0.25) is 5.15 Å². The fraction of sp³-hybridized carbons (Fsp3) is 0.368. The Morgan fingerprint density at radius 3 is 2.80 bits per heavy atom. The van der Waals surface area contributed by atoms with E-state index in [-0.39, 0.29) is 12.1 Å². The van der Waals surface area contributed by atoms with Gasteiger partial charge in [0.2, 0.25) is 5.89 Å². The van der Waals surface area contributed by atoms with Crippen molar-refractivity contribution in [3.63, 3.8) is 0 Å². The molecule has 1 saturated heterocycles. The summed E-state index contributed by atoms with van der Waals surface area (Å²) in [4.78, 5) is 31.9. The van der Waals surface area contributed by atoms with Crippen molar-refractivity contribution in [2.75, 3.05) is 18.0 Å². The molecule has 1 aliphatic heterocycles. The lowest BCUT2D eigenvalue weighted by atomic mass is 10.2. The van der Waals surface area contributed by atoms with Crippen LogP contribution in [0.25, 0.3) is 11.2 Å². The number of rotatable bonds is 4. The Morgan fingerprint density at radius 2 is 2.00 bits per heavy atom. The standard InChI is InChI=1S/C19H17ClN8O2/c1-26-8-22-18-16(26)19(29)28(9-23-18)7-14-24-17(25-30-14)15-11-5-27(6-12(11)15)10-2-3-21-13(20)4-10/h2-4,8-9,11-12,15H,5-7H2,1H3/t11-,12+,15?. The highest BCUT2D eigenvalue weighted by Gasteiger charge is 2.58. The van der Waals surface area contributed by atoms with Gasteiger partial charge in [0.25, 0.3) is 5.56 Å². The van der Waals surface area contributed by atoms with Crippen molar-refractivity contribution in [3.8, 4) is 0 Å². The Bertz CT molecular complexity index is 1320. The van der Waals surface area contributed by atoms with E-state index < -0.39 is 0 Å². The van der Waals surface area contributed by atoms with E-state index in [0.717, 1.165) is 24.6 Å². The first-order valence-electron chi connectivity index (χ1n) is 9.64. The number of piperidine rings is 1. The van der Waals surface area contributed by atoms with Crippen LogP contribution in [-0.4, -0.2) is 47.3 Å². The minimum atomic E-state index is -0.185. The van der Waals surface area contributed by atoms with Gasteiger partial charge in [0.1, 0.15) is 18.0 Å². The maximum atomic E-state index is 12.7. The molecule has 5 heterocycles. The molecule has 30 heavy (non-hydrogen) atoms. The second kappa shape index (κ2) is 6.36. The average molecular weight is 425 g/mol. The van der Waals surface area contributed by atoms with Crippen molar-refractivity contribution in [2.45, 2.75) is 12.5 Å². The Kier molecular flexibility index (Phi) is 3.73. The molecule has 0 radical (unpaired) electrons. The van der Waals surface area contributed by atoms with Crippen molar-refractivity contribution in [1.82, 2.24) is 34.2 Å². The van der Waals surface area contributed by atoms with Gasteiger partial charge in [0.05, 0.1) is 6.33 Å². The number of imidazole rings is 1. The van der Waals surface area contributed by atoms with Crippen molar-refractivity contribution in [1.29, 1.82) is 0 Å². The molecule has 0 bridgehead atoms. The minimum Gasteiger partial charge on any atom is -0.371 e. The van der Waals surface area contributed by atoms with Crippen LogP contribution in [0.4, 0.5) is 5.69 Å². The Morgan fingerprint density at radius 1 is 1.20 bits per heavy atom. The molecule has 0 spiro atoms. The predicted molar refractivity (Wildman–Crippen MR) is 107 cm³/mol. The third-order valence-corrected chi connectivity index (χ3v) is 6.26. The van der Waals surface area contributed by atoms with Crippen molar-refractivity contribution in [2.24, 2.45) is 18.9 Å². The first-order valence-corrected chi connectivity index (χ1v) is 10.0. The highest BCUT2D eigenvalue weighted by molar-refractivity contribution is 6.29. The number of pyridine rings is 1. The zero-order valence-electron chi connectivity index (χ0n) is 16.0. The van der Waals surface area contributed by atoms with Gasteiger partial charge in [0.15, 0.2) is 17.0 Å². The fourth-order valence-corrected chi connectivity index (χ4v) is 4.67. The molecule has 2 fully saturated rings. The van der Waals surface area contributed by atoms with Gasteiger partial charge in [-0.05, 0) is 24.0 Å². The molecule has 10 nitrogen and oxygen atoms in total. The lowest BCUT2D eigenvalue weighted by Crippen LogP contribution is -2.24. The lowest BCUT2D eigenvalue weighted by molar-refractivity contribution is 0.363. The van der Waals surface area contributed by atoms with Crippen LogP contribution in [0, 0.1) is 11.8 Å². The Balaban J connectivity index is 1.17. The number of aryl methyl sites for hydroxylation is 1. The second-order valence-electron chi connectivity index (χ2n) is 7.85. The van der Waals surface area contributed by atoms with E-state index in [1.54, 1.807) is 24.1 Å². The van der Waals surface area contributed by atoms with Crippen molar-refractivity contribution in [3.05, 3.63) is 58.2 Å². The topological polar surface area (TPSA) is 108 Å². The van der Waals surface area contributed by atoms with Gasteiger partial charge >= 0.3 is 0 Å². The van der Waals surface area contributed by atoms with E-state index in [0.29, 0.717) is 40.0 Å². The van der Waals surface area contributed by atoms with Gasteiger partial charge in [0, 0.05) is 37.9 Å². The molecule has 0 N–H and O–H groups in total. The van der Waals surface area contributed by atoms with Crippen LogP contribution in [-0.2, 0) is 13.6 Å². The van der Waals surface area contributed by atoms with Crippen LogP contribution < -0.4 is 10.5 Å². The van der Waals surface area contributed by atoms with Crippen LogP contribution in [0.5, 0.6) is 0 Å². The highest BCUT2D eigenvalue weighted by atomic mass is 35.5. The predicted octanol–water partition coefficient (Wildman–Crippen LogP) is 1.46. The smallest absolute Gasteiger partial charge is 0.280 e. The number of fused-ring (bicyclic) bond motifs is 2. The Labute approximate surface area is 175 Å². The van der Waals surface area contributed by atoms with Crippen LogP contribution in [0.3, 0.4) is 0 Å². The molecule has 4 aromatic rings. The van der Waals surface area contributed by atoms with E-state index in [2.05, 4.69) is 30.0 Å². The first kappa shape index (κ1) is 17.6. The average Bonchev–Trinajstić information content (AvgIpc) is 3.16. The molecular weight excluding hydrogens is 408 g/mol. The van der Waals surface area contributed by atoms with Gasteiger partial charge in [-0.25, -0.2) is 15.0 Å². The molecule has 0 amide bonds. The molecular formula is C19H17ClN8O2. The number of anilines is 1. The molecule has 0 aromatic carbocycles. The third-order valence-electron chi connectivity index (χ3n) is 6.06. The van der Waals surface area contributed by atoms with Crippen LogP contribution in [0.15, 0.2) is 40.3 Å². The van der Waals surface area contributed by atoms with E-state index in [4.69, 9.17) is 16.1 Å². The van der Waals surface area contributed by atoms with E-state index >= 15 is 0 Å². The van der Waals surface area contributed by atoms with Crippen LogP contribution >= 0.6 is 11.6 Å². The fourth-order valence-electron chi connectivity index (χ4n) is 4.51. The van der Waals surface area contributed by atoms with E-state index in [1.807, 2.05) is 12.1 Å². The SMILES string of the molecule is Cn1cnc2ncn(Cc3nc(C4[C@H]5CN(c6ccnc(Cl)c6)C[C@@H]45)no3)c(=O)c21. The summed E-state index contributed by atoms with van der Waals surface area (Å²) >= 11 is 6.01. The molecule has 3 atom stereocenters. The summed E-state index contributed by atoms with van der Waals surface area (Å²) < 4.78 is 8.55. The number of hydrogen-bond acceptors (Lipinski definition) is 8. The second-order valence-corrected chi connectivity index (χ2v) is 8.23. The molecule has 152 valence electrons. The molecule has 2 aliphatic rings. The minimum absolute atomic E-state index is 0.184. The number of halogens is 1. The van der Waals surface area contributed by atoms with E-state index in [9.17, 15) is 4.79 Å². The van der Waals surface area contributed by atoms with Gasteiger partial charge < -0.3 is 14.0 Å². The molecule has 1 unspecified atom stereocenters. The monoisotopic (exact) mass is 424 g/mol. The quantitative estimate of drug-likeness (QED) is 0.453. The van der Waals surface area contributed by atoms with Crippen LogP contribution in [0.1, 0.15) is 17.6 Å². The van der Waals surface area contributed by atoms with Gasteiger partial charge in [-0.1, -0.05) is 16.8 Å². The Hall–Kier alpha value is -3.27. The highest BCUT2D eigenvalue weighted by Crippen LogP contribution is 2.57. The summed E-state index contributed by atoms with van der Waals surface area (Å²) in [5, 5.41) is 4.68. The molecule has 6 rings (SSSR count). The maximum absolute atomic E-state index is 12.7.